The Balaban J connectivity index is 1.79. The minimum absolute atomic E-state index is 0.0242. The first-order chi connectivity index (χ1) is 18.3. The second kappa shape index (κ2) is 12.0. The van der Waals surface area contributed by atoms with Crippen molar-refractivity contribution in [2.45, 2.75) is 50.2 Å². The van der Waals surface area contributed by atoms with Gasteiger partial charge in [0.1, 0.15) is 24.7 Å². The van der Waals surface area contributed by atoms with E-state index in [1.807, 2.05) is 81.4 Å². The highest BCUT2D eigenvalue weighted by molar-refractivity contribution is 7.91. The van der Waals surface area contributed by atoms with E-state index < -0.39 is 15.2 Å². The van der Waals surface area contributed by atoms with Crippen molar-refractivity contribution in [1.29, 1.82) is 0 Å². The predicted octanol–water partition coefficient (Wildman–Crippen LogP) is 7.67. The summed E-state index contributed by atoms with van der Waals surface area (Å²) in [6.07, 6.45) is 0. The standard InChI is InChI=1S/C32H31NO4S/c1-23(2)28-19-29(32(33-4)38(34,35)27-17-15-24(3)16-18-27)31(37-22-26-13-9-6-10-14-26)20-30(28)36-21-25-11-7-5-8-12-25/h5-20,23,32H,21-22H2,1-3H3. The summed E-state index contributed by atoms with van der Waals surface area (Å²) in [4.78, 5) is 3.71. The molecule has 0 saturated heterocycles. The number of benzene rings is 4. The molecule has 0 saturated carbocycles. The number of nitrogens with zero attached hydrogens (tertiary/aromatic N) is 1. The molecular weight excluding hydrogens is 494 g/mol. The lowest BCUT2D eigenvalue weighted by Gasteiger charge is -2.20. The maximum atomic E-state index is 13.7. The van der Waals surface area contributed by atoms with Crippen LogP contribution >= 0.6 is 0 Å². The summed E-state index contributed by atoms with van der Waals surface area (Å²) in [7, 11) is -4.01. The first-order valence-corrected chi connectivity index (χ1v) is 14.0. The van der Waals surface area contributed by atoms with Crippen molar-refractivity contribution in [3.63, 3.8) is 0 Å². The first kappa shape index (κ1) is 27.0. The Kier molecular flexibility index (Phi) is 8.50. The Morgan fingerprint density at radius 2 is 1.24 bits per heavy atom. The highest BCUT2D eigenvalue weighted by Crippen LogP contribution is 2.42. The number of rotatable bonds is 10. The van der Waals surface area contributed by atoms with Crippen molar-refractivity contribution < 1.29 is 17.9 Å². The van der Waals surface area contributed by atoms with Gasteiger partial charge in [0.05, 0.1) is 10.5 Å². The van der Waals surface area contributed by atoms with Gasteiger partial charge in [-0.2, -0.15) is 0 Å². The maximum absolute atomic E-state index is 13.7. The Morgan fingerprint density at radius 3 is 1.71 bits per heavy atom. The fraction of sp³-hybridized carbons (Fsp3) is 0.219. The SMILES string of the molecule is [C-]#[N+]C(c1cc(C(C)C)c(OCc2ccccc2)cc1OCc1ccccc1)S(=O)(=O)c1ccc(C)cc1. The highest BCUT2D eigenvalue weighted by atomic mass is 32.2. The van der Waals surface area contributed by atoms with Crippen LogP contribution in [0.5, 0.6) is 11.5 Å². The molecule has 0 aliphatic rings. The molecule has 4 aromatic rings. The molecule has 4 aromatic carbocycles. The van der Waals surface area contributed by atoms with Gasteiger partial charge in [0.2, 0.25) is 0 Å². The zero-order chi connectivity index (χ0) is 27.1. The lowest BCUT2D eigenvalue weighted by atomic mass is 9.98. The van der Waals surface area contributed by atoms with Gasteiger partial charge in [0, 0.05) is 6.07 Å². The van der Waals surface area contributed by atoms with Gasteiger partial charge < -0.3 is 9.47 Å². The molecule has 0 heterocycles. The smallest absolute Gasteiger partial charge is 0.353 e. The molecule has 0 radical (unpaired) electrons. The van der Waals surface area contributed by atoms with E-state index >= 15 is 0 Å². The van der Waals surface area contributed by atoms with Gasteiger partial charge in [-0.25, -0.2) is 15.0 Å². The minimum Gasteiger partial charge on any atom is -0.488 e. The van der Waals surface area contributed by atoms with Crippen molar-refractivity contribution in [2.75, 3.05) is 0 Å². The van der Waals surface area contributed by atoms with Crippen molar-refractivity contribution in [3.05, 3.63) is 136 Å². The third-order valence-corrected chi connectivity index (χ3v) is 8.14. The number of hydrogen-bond acceptors (Lipinski definition) is 4. The normalized spacial score (nSPS) is 12.1. The van der Waals surface area contributed by atoms with Crippen LogP contribution < -0.4 is 9.47 Å². The largest absolute Gasteiger partial charge is 0.488 e. The van der Waals surface area contributed by atoms with Gasteiger partial charge in [-0.05, 0) is 47.7 Å². The second-order valence-electron chi connectivity index (χ2n) is 9.47. The average molecular weight is 526 g/mol. The fourth-order valence-corrected chi connectivity index (χ4v) is 5.55. The van der Waals surface area contributed by atoms with E-state index in [4.69, 9.17) is 16.0 Å². The third-order valence-electron chi connectivity index (χ3n) is 6.27. The minimum atomic E-state index is -4.01. The van der Waals surface area contributed by atoms with E-state index in [9.17, 15) is 8.42 Å². The number of sulfone groups is 1. The summed E-state index contributed by atoms with van der Waals surface area (Å²) in [5.74, 6) is 0.946. The molecule has 194 valence electrons. The van der Waals surface area contributed by atoms with E-state index in [1.54, 1.807) is 36.4 Å². The monoisotopic (exact) mass is 525 g/mol. The number of aryl methyl sites for hydroxylation is 1. The van der Waals surface area contributed by atoms with Crippen molar-refractivity contribution in [2.24, 2.45) is 0 Å². The molecule has 0 N–H and O–H groups in total. The van der Waals surface area contributed by atoms with E-state index in [-0.39, 0.29) is 17.4 Å². The van der Waals surface area contributed by atoms with Crippen LogP contribution in [-0.2, 0) is 23.1 Å². The van der Waals surface area contributed by atoms with E-state index in [2.05, 4.69) is 4.85 Å². The molecule has 0 spiro atoms. The van der Waals surface area contributed by atoms with Gasteiger partial charge in [-0.15, -0.1) is 0 Å². The Hall–Kier alpha value is -4.08. The molecule has 1 unspecified atom stereocenters. The van der Waals surface area contributed by atoms with Gasteiger partial charge in [-0.3, -0.25) is 4.85 Å². The summed E-state index contributed by atoms with van der Waals surface area (Å²) in [6.45, 7) is 14.4. The molecule has 5 nitrogen and oxygen atoms in total. The highest BCUT2D eigenvalue weighted by Gasteiger charge is 2.38. The summed E-state index contributed by atoms with van der Waals surface area (Å²) in [6, 6.07) is 29.5. The van der Waals surface area contributed by atoms with Crippen LogP contribution in [0.25, 0.3) is 4.85 Å². The van der Waals surface area contributed by atoms with Crippen LogP contribution in [0.2, 0.25) is 0 Å². The van der Waals surface area contributed by atoms with Gasteiger partial charge in [0.25, 0.3) is 9.84 Å². The van der Waals surface area contributed by atoms with Gasteiger partial charge in [-0.1, -0.05) is 92.2 Å². The maximum Gasteiger partial charge on any atom is 0.353 e. The summed E-state index contributed by atoms with van der Waals surface area (Å²) >= 11 is 0. The average Bonchev–Trinajstić information content (AvgIpc) is 2.92. The molecule has 0 amide bonds. The predicted molar refractivity (Wildman–Crippen MR) is 150 cm³/mol. The van der Waals surface area contributed by atoms with Crippen molar-refractivity contribution in [1.82, 2.24) is 0 Å². The van der Waals surface area contributed by atoms with Crippen molar-refractivity contribution >= 4 is 9.84 Å². The summed E-state index contributed by atoms with van der Waals surface area (Å²) in [5.41, 5.74) is 4.01. The van der Waals surface area contributed by atoms with E-state index in [0.717, 1.165) is 22.3 Å². The Bertz CT molecular complexity index is 1510. The lowest BCUT2D eigenvalue weighted by Crippen LogP contribution is -2.14. The van der Waals surface area contributed by atoms with Crippen LogP contribution in [0, 0.1) is 13.5 Å². The molecule has 0 fully saturated rings. The van der Waals surface area contributed by atoms with Crippen molar-refractivity contribution in [3.8, 4) is 11.5 Å². The second-order valence-corrected chi connectivity index (χ2v) is 11.5. The van der Waals surface area contributed by atoms with E-state index in [0.29, 0.717) is 23.7 Å². The third kappa shape index (κ3) is 6.24. The lowest BCUT2D eigenvalue weighted by molar-refractivity contribution is 0.285. The first-order valence-electron chi connectivity index (χ1n) is 12.5. The van der Waals surface area contributed by atoms with Crippen LogP contribution in [0.3, 0.4) is 0 Å². The molecule has 6 heteroatoms. The molecule has 0 aliphatic heterocycles. The van der Waals surface area contributed by atoms with Crippen LogP contribution in [-0.4, -0.2) is 8.42 Å². The molecular formula is C32H31NO4S. The van der Waals surface area contributed by atoms with Crippen LogP contribution in [0.15, 0.2) is 102 Å². The summed E-state index contributed by atoms with van der Waals surface area (Å²) < 4.78 is 39.8. The summed E-state index contributed by atoms with van der Waals surface area (Å²) in [5, 5.41) is -1.46. The molecule has 0 bridgehead atoms. The number of ether oxygens (including phenoxy) is 2. The zero-order valence-corrected chi connectivity index (χ0v) is 22.6. The Morgan fingerprint density at radius 1 is 0.737 bits per heavy atom. The molecule has 38 heavy (non-hydrogen) atoms. The number of hydrogen-bond donors (Lipinski definition) is 0. The topological polar surface area (TPSA) is 57.0 Å². The fourth-order valence-electron chi connectivity index (χ4n) is 4.12. The van der Waals surface area contributed by atoms with Gasteiger partial charge in [0.15, 0.2) is 0 Å². The molecule has 4 rings (SSSR count). The Labute approximate surface area is 225 Å². The molecule has 0 aliphatic carbocycles. The van der Waals surface area contributed by atoms with Crippen LogP contribution in [0.1, 0.15) is 53.0 Å². The van der Waals surface area contributed by atoms with Gasteiger partial charge >= 0.3 is 5.37 Å². The van der Waals surface area contributed by atoms with Crippen LogP contribution in [0.4, 0.5) is 0 Å². The molecule has 0 aromatic heterocycles. The zero-order valence-electron chi connectivity index (χ0n) is 21.8. The van der Waals surface area contributed by atoms with E-state index in [1.165, 1.54) is 0 Å². The quantitative estimate of drug-likeness (QED) is 0.199. The molecule has 1 atom stereocenters.